The van der Waals surface area contributed by atoms with Crippen LogP contribution in [0.4, 0.5) is 9.18 Å². The SMILES string of the molecule is O=C1S/C(=C\c2ccc(OCc3cccc4ccccc34)cc2)C(=O)N1Cc1ccc(F)cc1Cl. The molecule has 0 bridgehead atoms. The summed E-state index contributed by atoms with van der Waals surface area (Å²) in [6, 6.07) is 25.5. The van der Waals surface area contributed by atoms with Crippen LogP contribution in [0.1, 0.15) is 16.7 Å². The van der Waals surface area contributed by atoms with Crippen LogP contribution in [0.5, 0.6) is 5.75 Å². The molecule has 0 aromatic heterocycles. The summed E-state index contributed by atoms with van der Waals surface area (Å²) in [6.07, 6.45) is 1.67. The minimum absolute atomic E-state index is 0.0118. The van der Waals surface area contributed by atoms with E-state index in [9.17, 15) is 14.0 Å². The second-order valence-corrected chi connectivity index (χ2v) is 9.40. The van der Waals surface area contributed by atoms with Gasteiger partial charge in [0.1, 0.15) is 18.2 Å². The molecule has 1 heterocycles. The molecule has 1 fully saturated rings. The molecule has 35 heavy (non-hydrogen) atoms. The highest BCUT2D eigenvalue weighted by Crippen LogP contribution is 2.34. The molecule has 5 rings (SSSR count). The third-order valence-corrected chi connectivity index (χ3v) is 6.93. The lowest BCUT2D eigenvalue weighted by atomic mass is 10.1. The Morgan fingerprint density at radius 1 is 0.914 bits per heavy atom. The molecule has 7 heteroatoms. The number of halogens is 2. The van der Waals surface area contributed by atoms with E-state index in [1.54, 1.807) is 6.08 Å². The van der Waals surface area contributed by atoms with Crippen molar-refractivity contribution in [2.24, 2.45) is 0 Å². The van der Waals surface area contributed by atoms with Gasteiger partial charge in [0.15, 0.2) is 0 Å². The fourth-order valence-corrected chi connectivity index (χ4v) is 4.91. The molecule has 0 spiro atoms. The number of benzene rings is 4. The minimum atomic E-state index is -0.475. The highest BCUT2D eigenvalue weighted by atomic mass is 35.5. The van der Waals surface area contributed by atoms with Crippen molar-refractivity contribution in [2.75, 3.05) is 0 Å². The average molecular weight is 504 g/mol. The van der Waals surface area contributed by atoms with E-state index in [0.29, 0.717) is 22.8 Å². The number of ether oxygens (including phenoxy) is 1. The Balaban J connectivity index is 1.26. The first-order chi connectivity index (χ1) is 17.0. The summed E-state index contributed by atoms with van der Waals surface area (Å²) in [4.78, 5) is 26.7. The number of thioether (sulfide) groups is 1. The van der Waals surface area contributed by atoms with Crippen LogP contribution in [0.25, 0.3) is 16.8 Å². The third kappa shape index (κ3) is 5.09. The molecule has 2 amide bonds. The zero-order valence-corrected chi connectivity index (χ0v) is 20.0. The summed E-state index contributed by atoms with van der Waals surface area (Å²) in [5.41, 5.74) is 2.37. The lowest BCUT2D eigenvalue weighted by Crippen LogP contribution is -2.27. The summed E-state index contributed by atoms with van der Waals surface area (Å²) < 4.78 is 19.3. The maximum Gasteiger partial charge on any atom is 0.293 e. The molecule has 0 aliphatic carbocycles. The third-order valence-electron chi connectivity index (χ3n) is 5.67. The van der Waals surface area contributed by atoms with Crippen molar-refractivity contribution in [1.29, 1.82) is 0 Å². The van der Waals surface area contributed by atoms with Gasteiger partial charge in [0.25, 0.3) is 11.1 Å². The van der Waals surface area contributed by atoms with E-state index >= 15 is 0 Å². The van der Waals surface area contributed by atoms with Gasteiger partial charge in [0.2, 0.25) is 0 Å². The van der Waals surface area contributed by atoms with Gasteiger partial charge in [-0.3, -0.25) is 14.5 Å². The summed E-state index contributed by atoms with van der Waals surface area (Å²) in [6.45, 7) is 0.424. The highest BCUT2D eigenvalue weighted by molar-refractivity contribution is 8.18. The number of rotatable bonds is 6. The standard InChI is InChI=1S/C28H19ClFNO3S/c29-25-15-22(30)11-10-20(25)16-31-27(32)26(35-28(31)33)14-18-8-12-23(13-9-18)34-17-21-6-3-5-19-4-1-2-7-24(19)21/h1-15H,16-17H2/b26-14-. The van der Waals surface area contributed by atoms with Crippen molar-refractivity contribution in [2.45, 2.75) is 13.2 Å². The Morgan fingerprint density at radius 3 is 2.49 bits per heavy atom. The van der Waals surface area contributed by atoms with Crippen molar-refractivity contribution >= 4 is 51.4 Å². The zero-order valence-electron chi connectivity index (χ0n) is 18.4. The van der Waals surface area contributed by atoms with Gasteiger partial charge in [0.05, 0.1) is 11.4 Å². The normalized spacial score (nSPS) is 14.8. The van der Waals surface area contributed by atoms with Gasteiger partial charge in [-0.15, -0.1) is 0 Å². The number of fused-ring (bicyclic) bond motifs is 1. The topological polar surface area (TPSA) is 46.6 Å². The molecule has 1 aliphatic heterocycles. The van der Waals surface area contributed by atoms with Crippen LogP contribution in [-0.2, 0) is 17.9 Å². The van der Waals surface area contributed by atoms with E-state index in [0.717, 1.165) is 39.2 Å². The van der Waals surface area contributed by atoms with Gasteiger partial charge in [-0.25, -0.2) is 4.39 Å². The molecule has 1 saturated heterocycles. The molecule has 4 aromatic carbocycles. The number of nitrogens with zero attached hydrogens (tertiary/aromatic N) is 1. The van der Waals surface area contributed by atoms with E-state index in [1.807, 2.05) is 48.5 Å². The molecule has 0 saturated carbocycles. The second kappa shape index (κ2) is 9.94. The van der Waals surface area contributed by atoms with Crippen LogP contribution < -0.4 is 4.74 Å². The number of amides is 2. The molecule has 0 unspecified atom stereocenters. The van der Waals surface area contributed by atoms with Crippen molar-refractivity contribution in [3.63, 3.8) is 0 Å². The van der Waals surface area contributed by atoms with Gasteiger partial charge in [-0.1, -0.05) is 72.3 Å². The molecule has 0 radical (unpaired) electrons. The Kier molecular flexibility index (Phi) is 6.57. The maximum atomic E-state index is 13.3. The van der Waals surface area contributed by atoms with Crippen LogP contribution in [0.15, 0.2) is 89.8 Å². The maximum absolute atomic E-state index is 13.3. The molecular formula is C28H19ClFNO3S. The van der Waals surface area contributed by atoms with Crippen LogP contribution in [0, 0.1) is 5.82 Å². The zero-order chi connectivity index (χ0) is 24.4. The Hall–Kier alpha value is -3.61. The predicted octanol–water partition coefficient (Wildman–Crippen LogP) is 7.45. The molecule has 4 aromatic rings. The van der Waals surface area contributed by atoms with E-state index in [1.165, 1.54) is 17.5 Å². The summed E-state index contributed by atoms with van der Waals surface area (Å²) in [5.74, 6) is -0.178. The highest BCUT2D eigenvalue weighted by Gasteiger charge is 2.35. The summed E-state index contributed by atoms with van der Waals surface area (Å²) in [5, 5.41) is 2.10. The monoisotopic (exact) mass is 503 g/mol. The van der Waals surface area contributed by atoms with E-state index < -0.39 is 17.0 Å². The Morgan fingerprint density at radius 2 is 1.69 bits per heavy atom. The van der Waals surface area contributed by atoms with Crippen LogP contribution in [0.3, 0.4) is 0 Å². The Labute approximate surface area is 211 Å². The number of carbonyl (C=O) groups is 2. The minimum Gasteiger partial charge on any atom is -0.489 e. The van der Waals surface area contributed by atoms with Gasteiger partial charge < -0.3 is 4.74 Å². The number of hydrogen-bond acceptors (Lipinski definition) is 4. The molecule has 0 atom stereocenters. The Bertz CT molecular complexity index is 1460. The predicted molar refractivity (Wildman–Crippen MR) is 138 cm³/mol. The molecule has 174 valence electrons. The van der Waals surface area contributed by atoms with Gasteiger partial charge in [0, 0.05) is 5.02 Å². The van der Waals surface area contributed by atoms with Crippen LogP contribution >= 0.6 is 23.4 Å². The first-order valence-corrected chi connectivity index (χ1v) is 12.1. The fourth-order valence-electron chi connectivity index (χ4n) is 3.85. The van der Waals surface area contributed by atoms with Gasteiger partial charge >= 0.3 is 0 Å². The van der Waals surface area contributed by atoms with Crippen molar-refractivity contribution in [1.82, 2.24) is 4.90 Å². The molecular weight excluding hydrogens is 485 g/mol. The van der Waals surface area contributed by atoms with Crippen LogP contribution in [0.2, 0.25) is 5.02 Å². The smallest absolute Gasteiger partial charge is 0.293 e. The second-order valence-electron chi connectivity index (χ2n) is 8.00. The molecule has 0 N–H and O–H groups in total. The fraction of sp³-hybridized carbons (Fsp3) is 0.0714. The van der Waals surface area contributed by atoms with Gasteiger partial charge in [-0.2, -0.15) is 0 Å². The summed E-state index contributed by atoms with van der Waals surface area (Å²) >= 11 is 6.92. The van der Waals surface area contributed by atoms with E-state index in [2.05, 4.69) is 18.2 Å². The largest absolute Gasteiger partial charge is 0.489 e. The lowest BCUT2D eigenvalue weighted by molar-refractivity contribution is -0.123. The van der Waals surface area contributed by atoms with Crippen molar-refractivity contribution < 1.29 is 18.7 Å². The number of hydrogen-bond donors (Lipinski definition) is 0. The summed E-state index contributed by atoms with van der Waals surface area (Å²) in [7, 11) is 0. The van der Waals surface area contributed by atoms with E-state index in [4.69, 9.17) is 16.3 Å². The van der Waals surface area contributed by atoms with Crippen molar-refractivity contribution in [3.8, 4) is 5.75 Å². The molecule has 4 nitrogen and oxygen atoms in total. The van der Waals surface area contributed by atoms with Crippen molar-refractivity contribution in [3.05, 3.63) is 117 Å². The lowest BCUT2D eigenvalue weighted by Gasteiger charge is -2.13. The van der Waals surface area contributed by atoms with Crippen LogP contribution in [-0.4, -0.2) is 16.0 Å². The first kappa shape index (κ1) is 23.1. The quantitative estimate of drug-likeness (QED) is 0.256. The average Bonchev–Trinajstić information content (AvgIpc) is 3.12. The van der Waals surface area contributed by atoms with Gasteiger partial charge in [-0.05, 0) is 69.6 Å². The van der Waals surface area contributed by atoms with E-state index in [-0.39, 0.29) is 11.6 Å². The number of imide groups is 1. The first-order valence-electron chi connectivity index (χ1n) is 10.9. The molecule has 1 aliphatic rings. The number of carbonyl (C=O) groups excluding carboxylic acids is 2.